The molecule has 0 heterocycles. The molecule has 3 heteroatoms. The second-order valence-electron chi connectivity index (χ2n) is 6.47. The van der Waals surface area contributed by atoms with Crippen LogP contribution in [0.1, 0.15) is 60.4 Å². The number of ether oxygens (including phenoxy) is 1. The number of hydrogen-bond donors (Lipinski definition) is 1. The van der Waals surface area contributed by atoms with Crippen molar-refractivity contribution in [2.75, 3.05) is 6.61 Å². The SMILES string of the molecule is O=C(CO)c1ccc(Oc2ccc(C3CCCCCC3)cc2)cc1. The predicted octanol–water partition coefficient (Wildman–Crippen LogP) is 5.09. The molecule has 126 valence electrons. The molecule has 0 bridgehead atoms. The Labute approximate surface area is 143 Å². The monoisotopic (exact) mass is 324 g/mol. The summed E-state index contributed by atoms with van der Waals surface area (Å²) in [6, 6.07) is 15.2. The number of aliphatic hydroxyl groups excluding tert-OH is 1. The van der Waals surface area contributed by atoms with Gasteiger partial charge >= 0.3 is 0 Å². The van der Waals surface area contributed by atoms with E-state index >= 15 is 0 Å². The van der Waals surface area contributed by atoms with E-state index in [0.29, 0.717) is 17.2 Å². The molecule has 3 nitrogen and oxygen atoms in total. The summed E-state index contributed by atoms with van der Waals surface area (Å²) in [5.74, 6) is 1.89. The molecule has 0 spiro atoms. The number of benzene rings is 2. The van der Waals surface area contributed by atoms with Gasteiger partial charge in [-0.25, -0.2) is 0 Å². The molecule has 1 N–H and O–H groups in total. The molecular weight excluding hydrogens is 300 g/mol. The van der Waals surface area contributed by atoms with E-state index in [1.54, 1.807) is 24.3 Å². The smallest absolute Gasteiger partial charge is 0.188 e. The zero-order valence-corrected chi connectivity index (χ0v) is 13.9. The van der Waals surface area contributed by atoms with E-state index < -0.39 is 6.61 Å². The first-order valence-corrected chi connectivity index (χ1v) is 8.78. The number of rotatable bonds is 5. The zero-order chi connectivity index (χ0) is 16.8. The van der Waals surface area contributed by atoms with Gasteiger partial charge in [-0.05, 0) is 60.7 Å². The lowest BCUT2D eigenvalue weighted by atomic mass is 9.92. The van der Waals surface area contributed by atoms with Crippen LogP contribution >= 0.6 is 0 Å². The minimum atomic E-state index is -0.469. The van der Waals surface area contributed by atoms with Crippen LogP contribution in [0.3, 0.4) is 0 Å². The highest BCUT2D eigenvalue weighted by molar-refractivity contribution is 5.96. The van der Waals surface area contributed by atoms with Crippen molar-refractivity contribution < 1.29 is 14.6 Å². The van der Waals surface area contributed by atoms with Gasteiger partial charge in [0.2, 0.25) is 0 Å². The average molecular weight is 324 g/mol. The largest absolute Gasteiger partial charge is 0.457 e. The molecule has 0 aromatic heterocycles. The first-order chi connectivity index (χ1) is 11.8. The van der Waals surface area contributed by atoms with Gasteiger partial charge in [-0.15, -0.1) is 0 Å². The van der Waals surface area contributed by atoms with Crippen LogP contribution in [0.25, 0.3) is 0 Å². The number of carbonyl (C=O) groups is 1. The standard InChI is InChI=1S/C21H24O3/c22-15-21(23)18-9-13-20(14-10-18)24-19-11-7-17(8-12-19)16-5-3-1-2-4-6-16/h7-14,16,22H,1-6,15H2. The third kappa shape index (κ3) is 4.24. The maximum absolute atomic E-state index is 11.4. The fourth-order valence-corrected chi connectivity index (χ4v) is 3.36. The van der Waals surface area contributed by atoms with Crippen LogP contribution in [-0.2, 0) is 0 Å². The molecule has 0 atom stereocenters. The Morgan fingerprint density at radius 1 is 0.875 bits per heavy atom. The summed E-state index contributed by atoms with van der Waals surface area (Å²) in [5.41, 5.74) is 1.90. The van der Waals surface area contributed by atoms with E-state index in [9.17, 15) is 4.79 Å². The van der Waals surface area contributed by atoms with Crippen molar-refractivity contribution in [3.05, 3.63) is 59.7 Å². The highest BCUT2D eigenvalue weighted by Gasteiger charge is 2.14. The quantitative estimate of drug-likeness (QED) is 0.615. The van der Waals surface area contributed by atoms with Gasteiger partial charge in [0.05, 0.1) is 0 Å². The van der Waals surface area contributed by atoms with Gasteiger partial charge in [-0.2, -0.15) is 0 Å². The number of aliphatic hydroxyl groups is 1. The van der Waals surface area contributed by atoms with Gasteiger partial charge in [0, 0.05) is 5.56 Å². The van der Waals surface area contributed by atoms with Crippen molar-refractivity contribution in [2.45, 2.75) is 44.4 Å². The van der Waals surface area contributed by atoms with E-state index in [4.69, 9.17) is 9.84 Å². The number of carbonyl (C=O) groups excluding carboxylic acids is 1. The molecule has 1 saturated carbocycles. The van der Waals surface area contributed by atoms with Gasteiger partial charge in [0.15, 0.2) is 5.78 Å². The van der Waals surface area contributed by atoms with Gasteiger partial charge in [-0.3, -0.25) is 4.79 Å². The summed E-state index contributed by atoms with van der Waals surface area (Å²) < 4.78 is 5.84. The third-order valence-electron chi connectivity index (χ3n) is 4.76. The molecule has 3 rings (SSSR count). The lowest BCUT2D eigenvalue weighted by molar-refractivity contribution is 0.0903. The van der Waals surface area contributed by atoms with Crippen molar-refractivity contribution in [3.63, 3.8) is 0 Å². The highest BCUT2D eigenvalue weighted by Crippen LogP contribution is 2.33. The number of Topliss-reactive ketones (excluding diaryl/α,β-unsaturated/α-hetero) is 1. The van der Waals surface area contributed by atoms with Gasteiger partial charge in [0.1, 0.15) is 18.1 Å². The van der Waals surface area contributed by atoms with Crippen molar-refractivity contribution in [3.8, 4) is 11.5 Å². The summed E-state index contributed by atoms with van der Waals surface area (Å²) in [7, 11) is 0. The van der Waals surface area contributed by atoms with Crippen LogP contribution < -0.4 is 4.74 Å². The van der Waals surface area contributed by atoms with Gasteiger partial charge in [0.25, 0.3) is 0 Å². The number of hydrogen-bond acceptors (Lipinski definition) is 3. The minimum absolute atomic E-state index is 0.283. The normalized spacial score (nSPS) is 15.7. The van der Waals surface area contributed by atoms with Gasteiger partial charge < -0.3 is 9.84 Å². The molecule has 1 aliphatic rings. The van der Waals surface area contributed by atoms with E-state index in [1.165, 1.54) is 44.1 Å². The van der Waals surface area contributed by atoms with Crippen LogP contribution in [0.2, 0.25) is 0 Å². The van der Waals surface area contributed by atoms with Crippen molar-refractivity contribution in [2.24, 2.45) is 0 Å². The number of ketones is 1. The summed E-state index contributed by atoms with van der Waals surface area (Å²) >= 11 is 0. The van der Waals surface area contributed by atoms with Crippen molar-refractivity contribution in [1.29, 1.82) is 0 Å². The van der Waals surface area contributed by atoms with Crippen LogP contribution in [0, 0.1) is 0 Å². The fraction of sp³-hybridized carbons (Fsp3) is 0.381. The zero-order valence-electron chi connectivity index (χ0n) is 13.9. The lowest BCUT2D eigenvalue weighted by Crippen LogP contribution is -2.03. The third-order valence-corrected chi connectivity index (χ3v) is 4.76. The highest BCUT2D eigenvalue weighted by atomic mass is 16.5. The first kappa shape index (κ1) is 16.7. The fourth-order valence-electron chi connectivity index (χ4n) is 3.36. The molecule has 0 aliphatic heterocycles. The van der Waals surface area contributed by atoms with Crippen molar-refractivity contribution in [1.82, 2.24) is 0 Å². The molecule has 0 radical (unpaired) electrons. The molecule has 0 amide bonds. The van der Waals surface area contributed by atoms with Crippen LogP contribution in [0.4, 0.5) is 0 Å². The topological polar surface area (TPSA) is 46.5 Å². The molecule has 2 aromatic carbocycles. The summed E-state index contributed by atoms with van der Waals surface area (Å²) in [5, 5.41) is 8.86. The summed E-state index contributed by atoms with van der Waals surface area (Å²) in [6.45, 7) is -0.469. The predicted molar refractivity (Wildman–Crippen MR) is 94.8 cm³/mol. The Bertz CT molecular complexity index is 650. The van der Waals surface area contributed by atoms with Crippen molar-refractivity contribution >= 4 is 5.78 Å². The second-order valence-corrected chi connectivity index (χ2v) is 6.47. The van der Waals surface area contributed by atoms with Crippen LogP contribution in [0.15, 0.2) is 48.5 Å². The van der Waals surface area contributed by atoms with E-state index in [2.05, 4.69) is 12.1 Å². The first-order valence-electron chi connectivity index (χ1n) is 8.78. The maximum Gasteiger partial charge on any atom is 0.188 e. The Morgan fingerprint density at radius 3 is 1.96 bits per heavy atom. The maximum atomic E-state index is 11.4. The summed E-state index contributed by atoms with van der Waals surface area (Å²) in [6.07, 6.45) is 7.99. The Morgan fingerprint density at radius 2 is 1.42 bits per heavy atom. The average Bonchev–Trinajstić information content (AvgIpc) is 2.92. The van der Waals surface area contributed by atoms with E-state index in [1.807, 2.05) is 12.1 Å². The van der Waals surface area contributed by atoms with Crippen LogP contribution in [0.5, 0.6) is 11.5 Å². The van der Waals surface area contributed by atoms with Gasteiger partial charge in [-0.1, -0.05) is 37.8 Å². The molecule has 1 fully saturated rings. The van der Waals surface area contributed by atoms with E-state index in [0.717, 1.165) is 5.75 Å². The molecular formula is C21H24O3. The molecule has 0 saturated heterocycles. The Hall–Kier alpha value is -2.13. The van der Waals surface area contributed by atoms with E-state index in [-0.39, 0.29) is 5.78 Å². The Balaban J connectivity index is 1.64. The molecule has 0 unspecified atom stereocenters. The lowest BCUT2D eigenvalue weighted by Gasteiger charge is -2.15. The Kier molecular flexibility index (Phi) is 5.65. The summed E-state index contributed by atoms with van der Waals surface area (Å²) in [4.78, 5) is 11.4. The molecule has 1 aliphatic carbocycles. The second kappa shape index (κ2) is 8.11. The molecule has 2 aromatic rings. The van der Waals surface area contributed by atoms with Crippen LogP contribution in [-0.4, -0.2) is 17.5 Å². The minimum Gasteiger partial charge on any atom is -0.457 e. The molecule has 24 heavy (non-hydrogen) atoms.